The first-order valence-electron chi connectivity index (χ1n) is 14.3. The minimum Gasteiger partial charge on any atom is -0.393 e. The van der Waals surface area contributed by atoms with E-state index in [1.807, 2.05) is 0 Å². The maximum absolute atomic E-state index is 12.6. The number of hydrogen-bond donors (Lipinski definition) is 0. The van der Waals surface area contributed by atoms with Crippen LogP contribution in [0.3, 0.4) is 0 Å². The molecule has 33 heavy (non-hydrogen) atoms. The maximum atomic E-state index is 12.6. The molecule has 0 aromatic heterocycles. The van der Waals surface area contributed by atoms with Crippen LogP contribution in [0.2, 0.25) is 0 Å². The van der Waals surface area contributed by atoms with Crippen molar-refractivity contribution < 1.29 is 14.3 Å². The summed E-state index contributed by atoms with van der Waals surface area (Å²) in [6.07, 6.45) is 15.7. The summed E-state index contributed by atoms with van der Waals surface area (Å²) in [5.74, 6) is 5.29. The van der Waals surface area contributed by atoms with Crippen molar-refractivity contribution in [2.75, 3.05) is 0 Å². The van der Waals surface area contributed by atoms with Crippen LogP contribution >= 0.6 is 0 Å². The van der Waals surface area contributed by atoms with Gasteiger partial charge in [0.1, 0.15) is 0 Å². The Kier molecular flexibility index (Phi) is 6.05. The summed E-state index contributed by atoms with van der Waals surface area (Å²) in [5, 5.41) is 0. The number of cyclic esters (lactones) is 2. The van der Waals surface area contributed by atoms with E-state index in [1.54, 1.807) is 0 Å². The zero-order valence-corrected chi connectivity index (χ0v) is 22.0. The summed E-state index contributed by atoms with van der Waals surface area (Å²) >= 11 is 0. The van der Waals surface area contributed by atoms with Crippen LogP contribution < -0.4 is 0 Å². The van der Waals surface area contributed by atoms with Crippen molar-refractivity contribution in [3.63, 3.8) is 0 Å². The zero-order valence-electron chi connectivity index (χ0n) is 22.0. The average molecular weight is 457 g/mol. The molecule has 0 bridgehead atoms. The van der Waals surface area contributed by atoms with Gasteiger partial charge in [0.2, 0.25) is 0 Å². The number of carbonyl (C=O) groups excluding carboxylic acids is 2. The molecule has 4 aliphatic carbocycles. The average Bonchev–Trinajstić information content (AvgIpc) is 3.24. The van der Waals surface area contributed by atoms with Gasteiger partial charge in [0.05, 0.1) is 11.8 Å². The molecule has 9 atom stereocenters. The highest BCUT2D eigenvalue weighted by Crippen LogP contribution is 2.70. The van der Waals surface area contributed by atoms with Crippen molar-refractivity contribution in [1.82, 2.24) is 0 Å². The molecule has 3 nitrogen and oxygen atoms in total. The second-order valence-corrected chi connectivity index (χ2v) is 14.1. The number of carbonyl (C=O) groups is 2. The lowest BCUT2D eigenvalue weighted by molar-refractivity contribution is -0.162. The van der Waals surface area contributed by atoms with E-state index in [-0.39, 0.29) is 11.9 Å². The number of hydrogen-bond acceptors (Lipinski definition) is 3. The fourth-order valence-corrected chi connectivity index (χ4v) is 10.3. The molecule has 0 aromatic carbocycles. The smallest absolute Gasteiger partial charge is 0.320 e. The van der Waals surface area contributed by atoms with Crippen LogP contribution in [0.1, 0.15) is 118 Å². The summed E-state index contributed by atoms with van der Waals surface area (Å²) in [6, 6.07) is 0. The fourth-order valence-electron chi connectivity index (χ4n) is 10.3. The number of fused-ring (bicyclic) bond motifs is 5. The van der Waals surface area contributed by atoms with E-state index in [9.17, 15) is 9.59 Å². The Balaban J connectivity index is 1.29. The van der Waals surface area contributed by atoms with Crippen molar-refractivity contribution in [3.05, 3.63) is 0 Å². The summed E-state index contributed by atoms with van der Waals surface area (Å²) in [6.45, 7) is 12.5. The molecule has 186 valence electrons. The lowest BCUT2D eigenvalue weighted by Gasteiger charge is -2.62. The van der Waals surface area contributed by atoms with Crippen LogP contribution in [0.15, 0.2) is 0 Å². The first kappa shape index (κ1) is 23.9. The van der Waals surface area contributed by atoms with Gasteiger partial charge in [-0.15, -0.1) is 0 Å². The van der Waals surface area contributed by atoms with Gasteiger partial charge in [0.15, 0.2) is 0 Å². The normalized spacial score (nSPS) is 47.9. The molecule has 0 unspecified atom stereocenters. The van der Waals surface area contributed by atoms with Crippen molar-refractivity contribution in [2.45, 2.75) is 118 Å². The molecule has 3 heteroatoms. The highest BCUT2D eigenvalue weighted by molar-refractivity contribution is 5.97. The molecule has 1 spiro atoms. The van der Waals surface area contributed by atoms with E-state index >= 15 is 0 Å². The van der Waals surface area contributed by atoms with Gasteiger partial charge in [0.25, 0.3) is 0 Å². The van der Waals surface area contributed by atoms with E-state index < -0.39 is 5.41 Å². The minimum atomic E-state index is -0.485. The molecule has 5 aliphatic rings. The molecular formula is C30H48O3. The van der Waals surface area contributed by atoms with E-state index in [1.165, 1.54) is 57.8 Å². The van der Waals surface area contributed by atoms with Crippen LogP contribution in [0, 0.1) is 57.7 Å². The van der Waals surface area contributed by atoms with Crippen LogP contribution in [-0.4, -0.2) is 11.9 Å². The Bertz CT molecular complexity index is 787. The Morgan fingerprint density at radius 3 is 2.33 bits per heavy atom. The molecule has 5 fully saturated rings. The summed E-state index contributed by atoms with van der Waals surface area (Å²) < 4.78 is 5.04. The molecule has 0 amide bonds. The SMILES string of the molecule is CC(C)CCC[C@@H](C)[C@H]1CC[C@H]2[C@@H]3CC[C@H]4C[C@]5(CC[C@]4(C)[C@H]3CC[C@]12C)CC(=O)OC5=O. The standard InChI is InChI=1S/C30H48O3/c1-19(2)7-6-8-20(3)23-11-12-24-22-10-9-21-17-30(18-26(31)33-27(30)32)16-15-28(21,4)25(22)13-14-29(23,24)5/h19-25H,6-18H2,1-5H3/t20-,21+,22+,23-,24+,25+,28+,29-,30-/m1/s1. The Labute approximate surface area is 202 Å². The fraction of sp³-hybridized carbons (Fsp3) is 0.933. The van der Waals surface area contributed by atoms with E-state index in [2.05, 4.69) is 34.6 Å². The first-order valence-corrected chi connectivity index (χ1v) is 14.3. The number of rotatable bonds is 5. The highest BCUT2D eigenvalue weighted by atomic mass is 16.6. The third-order valence-electron chi connectivity index (χ3n) is 12.2. The number of ether oxygens (including phenoxy) is 1. The lowest BCUT2D eigenvalue weighted by Crippen LogP contribution is -2.55. The van der Waals surface area contributed by atoms with Gasteiger partial charge in [-0.05, 0) is 110 Å². The molecular weight excluding hydrogens is 408 g/mol. The molecule has 0 aromatic rings. The highest BCUT2D eigenvalue weighted by Gasteiger charge is 2.63. The van der Waals surface area contributed by atoms with E-state index in [0.29, 0.717) is 23.2 Å². The van der Waals surface area contributed by atoms with Crippen LogP contribution in [0.4, 0.5) is 0 Å². The van der Waals surface area contributed by atoms with Crippen molar-refractivity contribution in [1.29, 1.82) is 0 Å². The lowest BCUT2D eigenvalue weighted by atomic mass is 9.42. The Hall–Kier alpha value is -0.860. The predicted molar refractivity (Wildman–Crippen MR) is 131 cm³/mol. The predicted octanol–water partition coefficient (Wildman–Crippen LogP) is 7.57. The Morgan fingerprint density at radius 2 is 1.64 bits per heavy atom. The number of esters is 2. The quantitative estimate of drug-likeness (QED) is 0.316. The molecule has 0 radical (unpaired) electrons. The van der Waals surface area contributed by atoms with Crippen molar-refractivity contribution in [3.8, 4) is 0 Å². The van der Waals surface area contributed by atoms with Gasteiger partial charge >= 0.3 is 11.9 Å². The van der Waals surface area contributed by atoms with Gasteiger partial charge in [-0.1, -0.05) is 53.9 Å². The Morgan fingerprint density at radius 1 is 0.879 bits per heavy atom. The molecule has 1 aliphatic heterocycles. The first-order chi connectivity index (χ1) is 15.6. The zero-order chi connectivity index (χ0) is 23.6. The summed E-state index contributed by atoms with van der Waals surface area (Å²) in [5.41, 5.74) is 0.405. The van der Waals surface area contributed by atoms with Crippen LogP contribution in [0.25, 0.3) is 0 Å². The molecule has 1 heterocycles. The van der Waals surface area contributed by atoms with E-state index in [0.717, 1.165) is 54.8 Å². The third-order valence-corrected chi connectivity index (χ3v) is 12.2. The van der Waals surface area contributed by atoms with Crippen LogP contribution in [-0.2, 0) is 14.3 Å². The topological polar surface area (TPSA) is 43.4 Å². The monoisotopic (exact) mass is 456 g/mol. The van der Waals surface area contributed by atoms with Gasteiger partial charge in [-0.2, -0.15) is 0 Å². The second kappa shape index (κ2) is 8.37. The second-order valence-electron chi connectivity index (χ2n) is 14.1. The van der Waals surface area contributed by atoms with Gasteiger partial charge in [-0.3, -0.25) is 9.59 Å². The van der Waals surface area contributed by atoms with Gasteiger partial charge in [0, 0.05) is 0 Å². The maximum Gasteiger partial charge on any atom is 0.320 e. The van der Waals surface area contributed by atoms with Gasteiger partial charge < -0.3 is 4.74 Å². The van der Waals surface area contributed by atoms with Crippen LogP contribution in [0.5, 0.6) is 0 Å². The van der Waals surface area contributed by atoms with Crippen molar-refractivity contribution >= 4 is 11.9 Å². The van der Waals surface area contributed by atoms with Gasteiger partial charge in [-0.25, -0.2) is 0 Å². The summed E-state index contributed by atoms with van der Waals surface area (Å²) in [4.78, 5) is 24.5. The van der Waals surface area contributed by atoms with Crippen molar-refractivity contribution in [2.24, 2.45) is 57.7 Å². The molecule has 4 saturated carbocycles. The molecule has 0 N–H and O–H groups in total. The summed E-state index contributed by atoms with van der Waals surface area (Å²) in [7, 11) is 0. The minimum absolute atomic E-state index is 0.210. The molecule has 1 saturated heterocycles. The third kappa shape index (κ3) is 3.74. The molecule has 5 rings (SSSR count). The largest absolute Gasteiger partial charge is 0.393 e. The van der Waals surface area contributed by atoms with E-state index in [4.69, 9.17) is 4.74 Å².